The molecule has 1 saturated heterocycles. The number of aromatic nitrogens is 3. The van der Waals surface area contributed by atoms with E-state index in [1.807, 2.05) is 4.90 Å². The van der Waals surface area contributed by atoms with Gasteiger partial charge in [-0.05, 0) is 43.9 Å². The lowest BCUT2D eigenvalue weighted by Crippen LogP contribution is -2.31. The van der Waals surface area contributed by atoms with Gasteiger partial charge < -0.3 is 15.2 Å². The second kappa shape index (κ2) is 8.29. The summed E-state index contributed by atoms with van der Waals surface area (Å²) >= 11 is 0. The number of likely N-dealkylation sites (tertiary alicyclic amines) is 1. The molecule has 2 aromatic heterocycles. The molecule has 7 nitrogen and oxygen atoms in total. The molecule has 1 amide bonds. The zero-order valence-electron chi connectivity index (χ0n) is 15.5. The predicted octanol–water partition coefficient (Wildman–Crippen LogP) is 2.73. The Labute approximate surface area is 154 Å². The molecule has 0 radical (unpaired) electrons. The summed E-state index contributed by atoms with van der Waals surface area (Å²) in [6.07, 6.45) is 8.04. The molecule has 26 heavy (non-hydrogen) atoms. The van der Waals surface area contributed by atoms with Gasteiger partial charge in [0, 0.05) is 19.2 Å². The molecular formula is C19H27N5O2. The van der Waals surface area contributed by atoms with E-state index in [2.05, 4.69) is 29.0 Å². The number of rotatable bonds is 5. The van der Waals surface area contributed by atoms with E-state index < -0.39 is 0 Å². The fourth-order valence-electron chi connectivity index (χ4n) is 3.42. The SMILES string of the molecule is CC(C)Cc1cc(C(=O)N2CCC[C@H](Cc3cnc(N)cn3)CC2)on1. The predicted molar refractivity (Wildman–Crippen MR) is 98.4 cm³/mol. The van der Waals surface area contributed by atoms with Crippen molar-refractivity contribution in [1.82, 2.24) is 20.0 Å². The van der Waals surface area contributed by atoms with Crippen LogP contribution in [0.25, 0.3) is 0 Å². The first kappa shape index (κ1) is 18.4. The van der Waals surface area contributed by atoms with Crippen molar-refractivity contribution in [3.8, 4) is 0 Å². The van der Waals surface area contributed by atoms with Crippen LogP contribution < -0.4 is 5.73 Å². The summed E-state index contributed by atoms with van der Waals surface area (Å²) in [5.74, 6) is 1.72. The first-order valence-electron chi connectivity index (χ1n) is 9.32. The van der Waals surface area contributed by atoms with Gasteiger partial charge in [-0.1, -0.05) is 19.0 Å². The quantitative estimate of drug-likeness (QED) is 0.883. The highest BCUT2D eigenvalue weighted by Crippen LogP contribution is 2.22. The largest absolute Gasteiger partial charge is 0.382 e. The third-order valence-electron chi connectivity index (χ3n) is 4.75. The van der Waals surface area contributed by atoms with Crippen LogP contribution in [0.4, 0.5) is 5.82 Å². The summed E-state index contributed by atoms with van der Waals surface area (Å²) in [6.45, 7) is 5.72. The summed E-state index contributed by atoms with van der Waals surface area (Å²) in [5, 5.41) is 4.03. The number of carbonyl (C=O) groups is 1. The van der Waals surface area contributed by atoms with Crippen molar-refractivity contribution in [3.05, 3.63) is 35.6 Å². The van der Waals surface area contributed by atoms with Crippen molar-refractivity contribution >= 4 is 11.7 Å². The summed E-state index contributed by atoms with van der Waals surface area (Å²) in [5.41, 5.74) is 7.39. The van der Waals surface area contributed by atoms with Gasteiger partial charge in [-0.3, -0.25) is 9.78 Å². The average Bonchev–Trinajstić information content (AvgIpc) is 2.93. The van der Waals surface area contributed by atoms with Crippen LogP contribution in [0.3, 0.4) is 0 Å². The number of amides is 1. The molecule has 0 aromatic carbocycles. The lowest BCUT2D eigenvalue weighted by Gasteiger charge is -2.19. The molecule has 0 aliphatic carbocycles. The molecule has 1 atom stereocenters. The number of nitrogen functional groups attached to an aromatic ring is 1. The van der Waals surface area contributed by atoms with E-state index in [-0.39, 0.29) is 5.91 Å². The van der Waals surface area contributed by atoms with Gasteiger partial charge in [0.15, 0.2) is 0 Å². The van der Waals surface area contributed by atoms with Crippen LogP contribution in [0.5, 0.6) is 0 Å². The summed E-state index contributed by atoms with van der Waals surface area (Å²) in [7, 11) is 0. The maximum Gasteiger partial charge on any atom is 0.292 e. The van der Waals surface area contributed by atoms with Crippen molar-refractivity contribution in [2.24, 2.45) is 11.8 Å². The number of hydrogen-bond donors (Lipinski definition) is 1. The molecule has 0 bridgehead atoms. The third-order valence-corrected chi connectivity index (χ3v) is 4.75. The molecule has 1 fully saturated rings. The van der Waals surface area contributed by atoms with E-state index in [1.54, 1.807) is 18.5 Å². The molecule has 2 aromatic rings. The molecule has 1 aliphatic heterocycles. The fourth-order valence-corrected chi connectivity index (χ4v) is 3.42. The monoisotopic (exact) mass is 357 g/mol. The normalized spacial score (nSPS) is 18.1. The number of hydrogen-bond acceptors (Lipinski definition) is 6. The zero-order chi connectivity index (χ0) is 18.5. The van der Waals surface area contributed by atoms with Gasteiger partial charge in [0.05, 0.1) is 23.8 Å². The lowest BCUT2D eigenvalue weighted by molar-refractivity contribution is 0.0718. The Morgan fingerprint density at radius 1 is 1.27 bits per heavy atom. The van der Waals surface area contributed by atoms with Crippen LogP contribution in [0, 0.1) is 11.8 Å². The van der Waals surface area contributed by atoms with Crippen LogP contribution in [0.15, 0.2) is 23.0 Å². The highest BCUT2D eigenvalue weighted by molar-refractivity contribution is 5.91. The summed E-state index contributed by atoms with van der Waals surface area (Å²) in [4.78, 5) is 23.0. The molecule has 7 heteroatoms. The Bertz CT molecular complexity index is 726. The highest BCUT2D eigenvalue weighted by Gasteiger charge is 2.24. The zero-order valence-corrected chi connectivity index (χ0v) is 15.5. The van der Waals surface area contributed by atoms with Gasteiger partial charge in [-0.15, -0.1) is 0 Å². The van der Waals surface area contributed by atoms with E-state index in [0.717, 1.165) is 56.6 Å². The topological polar surface area (TPSA) is 98.1 Å². The Kier molecular flexibility index (Phi) is 5.85. The maximum atomic E-state index is 12.7. The van der Waals surface area contributed by atoms with E-state index in [9.17, 15) is 4.79 Å². The highest BCUT2D eigenvalue weighted by atomic mass is 16.5. The number of carbonyl (C=O) groups excluding carboxylic acids is 1. The van der Waals surface area contributed by atoms with Gasteiger partial charge in [0.2, 0.25) is 5.76 Å². The van der Waals surface area contributed by atoms with Crippen molar-refractivity contribution in [1.29, 1.82) is 0 Å². The van der Waals surface area contributed by atoms with Crippen molar-refractivity contribution < 1.29 is 9.32 Å². The van der Waals surface area contributed by atoms with Crippen molar-refractivity contribution in [2.75, 3.05) is 18.8 Å². The van der Waals surface area contributed by atoms with Gasteiger partial charge >= 0.3 is 0 Å². The lowest BCUT2D eigenvalue weighted by atomic mass is 9.95. The minimum Gasteiger partial charge on any atom is -0.382 e. The minimum absolute atomic E-state index is 0.0552. The summed E-state index contributed by atoms with van der Waals surface area (Å²) < 4.78 is 5.28. The molecule has 0 unspecified atom stereocenters. The molecule has 2 N–H and O–H groups in total. The van der Waals surface area contributed by atoms with E-state index in [1.165, 1.54) is 0 Å². The minimum atomic E-state index is -0.0552. The standard InChI is InChI=1S/C19H27N5O2/c1-13(2)8-15-10-17(26-23-15)19(25)24-6-3-4-14(5-7-24)9-16-11-22-18(20)12-21-16/h10-14H,3-9H2,1-2H3,(H2,20,22)/t14-/m0/s1. The van der Waals surface area contributed by atoms with Gasteiger partial charge in [0.1, 0.15) is 5.82 Å². The Morgan fingerprint density at radius 3 is 2.85 bits per heavy atom. The van der Waals surface area contributed by atoms with Gasteiger partial charge in [-0.25, -0.2) is 4.98 Å². The Balaban J connectivity index is 1.56. The smallest absolute Gasteiger partial charge is 0.292 e. The average molecular weight is 357 g/mol. The first-order valence-corrected chi connectivity index (χ1v) is 9.32. The van der Waals surface area contributed by atoms with E-state index >= 15 is 0 Å². The molecule has 3 heterocycles. The van der Waals surface area contributed by atoms with Crippen LogP contribution in [0.2, 0.25) is 0 Å². The van der Waals surface area contributed by atoms with Crippen LogP contribution in [0.1, 0.15) is 55.1 Å². The second-order valence-electron chi connectivity index (χ2n) is 7.51. The number of nitrogens with two attached hydrogens (primary N) is 1. The maximum absolute atomic E-state index is 12.7. The second-order valence-corrected chi connectivity index (χ2v) is 7.51. The van der Waals surface area contributed by atoms with E-state index in [4.69, 9.17) is 10.3 Å². The fraction of sp³-hybridized carbons (Fsp3) is 0.579. The number of anilines is 1. The van der Waals surface area contributed by atoms with Crippen molar-refractivity contribution in [2.45, 2.75) is 46.0 Å². The molecular weight excluding hydrogens is 330 g/mol. The third kappa shape index (κ3) is 4.80. The first-order chi connectivity index (χ1) is 12.5. The Hall–Kier alpha value is -2.44. The van der Waals surface area contributed by atoms with Crippen LogP contribution in [-0.2, 0) is 12.8 Å². The molecule has 3 rings (SSSR count). The molecule has 0 saturated carbocycles. The van der Waals surface area contributed by atoms with E-state index in [0.29, 0.717) is 23.4 Å². The molecule has 140 valence electrons. The van der Waals surface area contributed by atoms with Gasteiger partial charge in [-0.2, -0.15) is 0 Å². The van der Waals surface area contributed by atoms with Crippen molar-refractivity contribution in [3.63, 3.8) is 0 Å². The van der Waals surface area contributed by atoms with Gasteiger partial charge in [0.25, 0.3) is 5.91 Å². The Morgan fingerprint density at radius 2 is 2.12 bits per heavy atom. The number of nitrogens with zero attached hydrogens (tertiary/aromatic N) is 4. The molecule has 0 spiro atoms. The summed E-state index contributed by atoms with van der Waals surface area (Å²) in [6, 6.07) is 1.79. The molecule has 1 aliphatic rings. The van der Waals surface area contributed by atoms with Crippen LogP contribution in [-0.4, -0.2) is 39.0 Å². The van der Waals surface area contributed by atoms with Crippen LogP contribution >= 0.6 is 0 Å².